The van der Waals surface area contributed by atoms with Crippen molar-refractivity contribution in [1.82, 2.24) is 0 Å². The molecule has 0 aliphatic heterocycles. The first kappa shape index (κ1) is 13.2. The molecule has 0 heterocycles. The van der Waals surface area contributed by atoms with Gasteiger partial charge in [0.15, 0.2) is 0 Å². The topological polar surface area (TPSA) is 0 Å². The van der Waals surface area contributed by atoms with E-state index in [1.54, 1.807) is 0 Å². The van der Waals surface area contributed by atoms with Crippen LogP contribution in [0.3, 0.4) is 0 Å². The van der Waals surface area contributed by atoms with E-state index in [1.165, 1.54) is 30.4 Å². The zero-order chi connectivity index (χ0) is 13.0. The summed E-state index contributed by atoms with van der Waals surface area (Å²) in [6.45, 7) is 6.87. The molecule has 2 rings (SSSR count). The molecule has 1 unspecified atom stereocenters. The summed E-state index contributed by atoms with van der Waals surface area (Å²) in [6.07, 6.45) is 5.88. The van der Waals surface area contributed by atoms with Crippen LogP contribution < -0.4 is 0 Å². The Kier molecular flexibility index (Phi) is 4.09. The monoisotopic (exact) mass is 255 g/mol. The minimum atomic E-state index is -1.22. The van der Waals surface area contributed by atoms with E-state index in [-0.39, 0.29) is 0 Å². The lowest BCUT2D eigenvalue weighted by Crippen LogP contribution is -2.16. The highest BCUT2D eigenvalue weighted by Crippen LogP contribution is 2.37. The van der Waals surface area contributed by atoms with E-state index in [2.05, 4.69) is 67.5 Å². The molecule has 1 aromatic rings. The van der Waals surface area contributed by atoms with Gasteiger partial charge in [0.2, 0.25) is 0 Å². The first-order valence-electron chi connectivity index (χ1n) is 6.80. The van der Waals surface area contributed by atoms with Gasteiger partial charge in [0.25, 0.3) is 0 Å². The van der Waals surface area contributed by atoms with Crippen molar-refractivity contribution in [2.45, 2.75) is 44.8 Å². The second-order valence-corrected chi connectivity index (χ2v) is 10.9. The SMILES string of the molecule is C[Si](C)(C)C#C/[13CH]=C1\CCC(c2ccccc2)C1. The standard InChI is InChI=1S/C17H22Si/c1-18(2,3)13-7-8-15-11-12-17(14-15)16-9-5-4-6-10-16/h4-6,8-10,17H,11-12,14H2,1-3H3/b15-8+/i8+1. The number of rotatable bonds is 1. The molecular formula is C17H22Si. The molecule has 94 valence electrons. The zero-order valence-electron chi connectivity index (χ0n) is 11.7. The smallest absolute Gasteiger partial charge is 0.127 e. The third-order valence-electron chi connectivity index (χ3n) is 3.32. The highest BCUT2D eigenvalue weighted by Gasteiger charge is 2.20. The first-order valence-corrected chi connectivity index (χ1v) is 10.3. The van der Waals surface area contributed by atoms with Crippen LogP contribution >= 0.6 is 0 Å². The van der Waals surface area contributed by atoms with E-state index < -0.39 is 8.07 Å². The second-order valence-electron chi connectivity index (χ2n) is 6.17. The minimum absolute atomic E-state index is 0.714. The van der Waals surface area contributed by atoms with Crippen molar-refractivity contribution in [2.24, 2.45) is 0 Å². The van der Waals surface area contributed by atoms with Crippen LogP contribution in [0.5, 0.6) is 0 Å². The van der Waals surface area contributed by atoms with E-state index >= 15 is 0 Å². The molecule has 0 nitrogen and oxygen atoms in total. The fourth-order valence-corrected chi connectivity index (χ4v) is 2.88. The summed E-state index contributed by atoms with van der Waals surface area (Å²) in [7, 11) is -1.22. The molecule has 1 atom stereocenters. The molecule has 0 saturated heterocycles. The second kappa shape index (κ2) is 5.59. The molecule has 1 saturated carbocycles. The molecule has 0 spiro atoms. The summed E-state index contributed by atoms with van der Waals surface area (Å²) in [5, 5.41) is 0. The summed E-state index contributed by atoms with van der Waals surface area (Å²) in [5.74, 6) is 4.00. The van der Waals surface area contributed by atoms with Gasteiger partial charge in [-0.25, -0.2) is 0 Å². The summed E-state index contributed by atoms with van der Waals surface area (Å²) < 4.78 is 0. The maximum absolute atomic E-state index is 3.42. The largest absolute Gasteiger partial charge is 0.129 e. The summed E-state index contributed by atoms with van der Waals surface area (Å²) in [5.41, 5.74) is 6.44. The normalized spacial score (nSPS) is 21.7. The van der Waals surface area contributed by atoms with Gasteiger partial charge in [0.05, 0.1) is 0 Å². The van der Waals surface area contributed by atoms with Crippen LogP contribution in [0.1, 0.15) is 30.7 Å². The highest BCUT2D eigenvalue weighted by atomic mass is 28.3. The van der Waals surface area contributed by atoms with Crippen LogP contribution in [-0.4, -0.2) is 8.07 Å². The van der Waals surface area contributed by atoms with E-state index in [9.17, 15) is 0 Å². The molecule has 1 aliphatic carbocycles. The molecule has 0 aromatic heterocycles. The van der Waals surface area contributed by atoms with Crippen LogP contribution in [0.2, 0.25) is 19.6 Å². The third-order valence-corrected chi connectivity index (χ3v) is 4.21. The van der Waals surface area contributed by atoms with Crippen molar-refractivity contribution in [2.75, 3.05) is 0 Å². The predicted octanol–water partition coefficient (Wildman–Crippen LogP) is 4.76. The van der Waals surface area contributed by atoms with Crippen LogP contribution in [0.15, 0.2) is 42.0 Å². The third kappa shape index (κ3) is 3.89. The van der Waals surface area contributed by atoms with Gasteiger partial charge in [0, 0.05) is 0 Å². The van der Waals surface area contributed by atoms with E-state index in [0.29, 0.717) is 5.92 Å². The van der Waals surface area contributed by atoms with Crippen LogP contribution in [-0.2, 0) is 0 Å². The Morgan fingerprint density at radius 1 is 1.17 bits per heavy atom. The molecule has 1 aromatic carbocycles. The van der Waals surface area contributed by atoms with Gasteiger partial charge in [-0.1, -0.05) is 61.5 Å². The van der Waals surface area contributed by atoms with Crippen molar-refractivity contribution in [3.8, 4) is 11.5 Å². The van der Waals surface area contributed by atoms with Crippen molar-refractivity contribution in [1.29, 1.82) is 0 Å². The van der Waals surface area contributed by atoms with E-state index in [1.807, 2.05) is 0 Å². The fourth-order valence-electron chi connectivity index (χ4n) is 2.38. The fraction of sp³-hybridized carbons (Fsp3) is 0.412. The van der Waals surface area contributed by atoms with Crippen LogP contribution in [0.25, 0.3) is 0 Å². The first-order chi connectivity index (χ1) is 8.54. The Hall–Kier alpha value is -1.26. The van der Waals surface area contributed by atoms with Gasteiger partial charge in [-0.2, -0.15) is 0 Å². The van der Waals surface area contributed by atoms with Crippen LogP contribution in [0.4, 0.5) is 0 Å². The molecule has 0 amide bonds. The maximum atomic E-state index is 3.42. The Morgan fingerprint density at radius 3 is 2.56 bits per heavy atom. The average Bonchev–Trinajstić information content (AvgIpc) is 2.77. The van der Waals surface area contributed by atoms with Gasteiger partial charge < -0.3 is 0 Å². The van der Waals surface area contributed by atoms with Gasteiger partial charge >= 0.3 is 0 Å². The van der Waals surface area contributed by atoms with Crippen molar-refractivity contribution in [3.63, 3.8) is 0 Å². The van der Waals surface area contributed by atoms with Gasteiger partial charge in [0.1, 0.15) is 8.07 Å². The van der Waals surface area contributed by atoms with Crippen molar-refractivity contribution < 1.29 is 0 Å². The summed E-state index contributed by atoms with van der Waals surface area (Å²) >= 11 is 0. The molecule has 0 radical (unpaired) electrons. The molecule has 1 aliphatic rings. The average molecular weight is 255 g/mol. The summed E-state index contributed by atoms with van der Waals surface area (Å²) in [4.78, 5) is 0. The molecule has 0 bridgehead atoms. The molecule has 18 heavy (non-hydrogen) atoms. The summed E-state index contributed by atoms with van der Waals surface area (Å²) in [6, 6.07) is 10.9. The highest BCUT2D eigenvalue weighted by molar-refractivity contribution is 6.83. The number of hydrogen-bond acceptors (Lipinski definition) is 0. The minimum Gasteiger partial charge on any atom is -0.127 e. The predicted molar refractivity (Wildman–Crippen MR) is 82.2 cm³/mol. The Morgan fingerprint density at radius 2 is 1.89 bits per heavy atom. The number of allylic oxidation sites excluding steroid dienone is 2. The van der Waals surface area contributed by atoms with Gasteiger partial charge in [-0.05, 0) is 36.8 Å². The Bertz CT molecular complexity index is 480. The lowest BCUT2D eigenvalue weighted by molar-refractivity contribution is 0.730. The molecular weight excluding hydrogens is 233 g/mol. The zero-order valence-corrected chi connectivity index (χ0v) is 12.7. The van der Waals surface area contributed by atoms with Crippen molar-refractivity contribution in [3.05, 3.63) is 47.5 Å². The maximum Gasteiger partial charge on any atom is 0.129 e. The quantitative estimate of drug-likeness (QED) is 0.385. The van der Waals surface area contributed by atoms with E-state index in [4.69, 9.17) is 0 Å². The molecule has 1 fully saturated rings. The van der Waals surface area contributed by atoms with Gasteiger partial charge in [-0.3, -0.25) is 0 Å². The Balaban J connectivity index is 2.00. The van der Waals surface area contributed by atoms with Crippen LogP contribution in [0, 0.1) is 11.5 Å². The number of benzene rings is 1. The Labute approximate surface area is 112 Å². The number of hydrogen-bond donors (Lipinski definition) is 0. The van der Waals surface area contributed by atoms with E-state index in [0.717, 1.165) is 0 Å². The van der Waals surface area contributed by atoms with Crippen molar-refractivity contribution >= 4 is 8.07 Å². The molecule has 1 heteroatoms. The lowest BCUT2D eigenvalue weighted by atomic mass is 9.98. The van der Waals surface area contributed by atoms with Gasteiger partial charge in [-0.15, -0.1) is 5.54 Å². The lowest BCUT2D eigenvalue weighted by Gasteiger charge is -2.07. The molecule has 0 N–H and O–H groups in total.